The molecule has 61 heavy (non-hydrogen) atoms. The van der Waals surface area contributed by atoms with Gasteiger partial charge in [-0.25, -0.2) is 4.39 Å². The molecule has 2 N–H and O–H groups in total. The number of imide groups is 1. The number of rotatable bonds is 6. The Morgan fingerprint density at radius 2 is 1.43 bits per heavy atom. The summed E-state index contributed by atoms with van der Waals surface area (Å²) in [5.41, 5.74) is 9.48. The molecular weight excluding hydrogens is 770 g/mol. The molecular formula is C50H52FN5O5. The molecule has 3 fully saturated rings. The minimum Gasteiger partial charge on any atom is -0.508 e. The third-order valence-electron chi connectivity index (χ3n) is 14.8. The number of amides is 4. The number of benzene rings is 4. The molecule has 0 aromatic heterocycles. The van der Waals surface area contributed by atoms with Crippen molar-refractivity contribution in [2.75, 3.05) is 44.2 Å². The highest BCUT2D eigenvalue weighted by Gasteiger charge is 2.45. The van der Waals surface area contributed by atoms with Gasteiger partial charge in [0, 0.05) is 56.6 Å². The molecule has 10 nitrogen and oxygen atoms in total. The first kappa shape index (κ1) is 39.3. The van der Waals surface area contributed by atoms with E-state index in [1.54, 1.807) is 24.3 Å². The Kier molecular flexibility index (Phi) is 10.0. The number of likely N-dealkylation sites (tertiary alicyclic amines) is 1. The predicted molar refractivity (Wildman–Crippen MR) is 230 cm³/mol. The summed E-state index contributed by atoms with van der Waals surface area (Å²) in [6, 6.07) is 24.5. The van der Waals surface area contributed by atoms with Gasteiger partial charge in [-0.1, -0.05) is 36.9 Å². The lowest BCUT2D eigenvalue weighted by molar-refractivity contribution is -0.135. The van der Waals surface area contributed by atoms with Crippen LogP contribution in [0.25, 0.3) is 0 Å². The first-order valence-electron chi connectivity index (χ1n) is 22.0. The van der Waals surface area contributed by atoms with Crippen molar-refractivity contribution < 1.29 is 28.7 Å². The molecule has 5 heterocycles. The van der Waals surface area contributed by atoms with Crippen LogP contribution in [0.15, 0.2) is 91.1 Å². The van der Waals surface area contributed by atoms with Gasteiger partial charge in [0.05, 0.1) is 17.7 Å². The Labute approximate surface area is 356 Å². The van der Waals surface area contributed by atoms with Crippen molar-refractivity contribution in [3.8, 4) is 5.75 Å². The van der Waals surface area contributed by atoms with E-state index >= 15 is 0 Å². The Morgan fingerprint density at radius 3 is 2.13 bits per heavy atom. The van der Waals surface area contributed by atoms with E-state index in [-0.39, 0.29) is 40.6 Å². The number of carbonyl (C=O) groups is 4. The van der Waals surface area contributed by atoms with E-state index in [1.165, 1.54) is 22.4 Å². The maximum atomic E-state index is 13.9. The summed E-state index contributed by atoms with van der Waals surface area (Å²) in [5.74, 6) is -0.710. The quantitative estimate of drug-likeness (QED) is 0.201. The lowest BCUT2D eigenvalue weighted by Gasteiger charge is -2.47. The number of phenolic OH excluding ortho intramolecular Hbond substituents is 1. The van der Waals surface area contributed by atoms with Crippen molar-refractivity contribution in [1.29, 1.82) is 0 Å². The van der Waals surface area contributed by atoms with Crippen molar-refractivity contribution in [2.45, 2.75) is 82.2 Å². The highest BCUT2D eigenvalue weighted by atomic mass is 19.1. The number of phenols is 1. The predicted octanol–water partition coefficient (Wildman–Crippen LogP) is 7.05. The van der Waals surface area contributed by atoms with Crippen LogP contribution in [-0.2, 0) is 29.0 Å². The number of aryl methyl sites for hydroxylation is 1. The van der Waals surface area contributed by atoms with Crippen LogP contribution >= 0.6 is 0 Å². The van der Waals surface area contributed by atoms with E-state index in [4.69, 9.17) is 0 Å². The molecule has 3 unspecified atom stereocenters. The first-order chi connectivity index (χ1) is 29.5. The second kappa shape index (κ2) is 15.6. The van der Waals surface area contributed by atoms with Crippen LogP contribution in [0.5, 0.6) is 5.75 Å². The average Bonchev–Trinajstić information content (AvgIpc) is 3.50. The van der Waals surface area contributed by atoms with Crippen LogP contribution in [0, 0.1) is 11.2 Å². The van der Waals surface area contributed by atoms with E-state index in [9.17, 15) is 28.7 Å². The monoisotopic (exact) mass is 821 g/mol. The van der Waals surface area contributed by atoms with Gasteiger partial charge in [0.1, 0.15) is 17.6 Å². The molecule has 11 heteroatoms. The van der Waals surface area contributed by atoms with E-state index in [2.05, 4.69) is 52.0 Å². The van der Waals surface area contributed by atoms with Crippen molar-refractivity contribution in [3.05, 3.63) is 141 Å². The third-order valence-corrected chi connectivity index (χ3v) is 14.8. The van der Waals surface area contributed by atoms with Crippen molar-refractivity contribution in [2.24, 2.45) is 5.41 Å². The van der Waals surface area contributed by atoms with Gasteiger partial charge in [-0.3, -0.25) is 29.0 Å². The Hall–Kier alpha value is -5.81. The fourth-order valence-electron chi connectivity index (χ4n) is 11.2. The maximum Gasteiger partial charge on any atom is 0.262 e. The van der Waals surface area contributed by atoms with Gasteiger partial charge >= 0.3 is 0 Å². The van der Waals surface area contributed by atoms with E-state index in [1.807, 2.05) is 29.2 Å². The molecule has 5 aliphatic heterocycles. The molecule has 0 radical (unpaired) electrons. The number of fused-ring (bicyclic) bond motifs is 3. The zero-order valence-corrected chi connectivity index (χ0v) is 34.5. The number of allylic oxidation sites excluding steroid dienone is 1. The largest absolute Gasteiger partial charge is 0.508 e. The fourth-order valence-corrected chi connectivity index (χ4v) is 11.2. The van der Waals surface area contributed by atoms with E-state index < -0.39 is 17.9 Å². The van der Waals surface area contributed by atoms with Crippen molar-refractivity contribution in [1.82, 2.24) is 20.0 Å². The van der Waals surface area contributed by atoms with Gasteiger partial charge in [-0.2, -0.15) is 0 Å². The third kappa shape index (κ3) is 7.30. The smallest absolute Gasteiger partial charge is 0.262 e. The van der Waals surface area contributed by atoms with E-state index in [0.29, 0.717) is 55.7 Å². The second-order valence-electron chi connectivity index (χ2n) is 18.3. The van der Waals surface area contributed by atoms with Gasteiger partial charge in [0.2, 0.25) is 11.8 Å². The minimum atomic E-state index is -0.840. The summed E-state index contributed by atoms with van der Waals surface area (Å²) in [6.45, 7) is 8.82. The number of hydrogen-bond acceptors (Lipinski definition) is 7. The van der Waals surface area contributed by atoms with Gasteiger partial charge in [-0.05, 0) is 151 Å². The fraction of sp³-hybridized carbons (Fsp3) is 0.400. The Morgan fingerprint density at radius 1 is 0.754 bits per heavy atom. The lowest BCUT2D eigenvalue weighted by atomic mass is 9.69. The number of piperidine rings is 3. The number of nitrogens with one attached hydrogen (secondary N) is 1. The number of halogens is 1. The van der Waals surface area contributed by atoms with Crippen molar-refractivity contribution in [3.63, 3.8) is 0 Å². The molecule has 1 aliphatic carbocycles. The summed E-state index contributed by atoms with van der Waals surface area (Å²) >= 11 is 0. The van der Waals surface area contributed by atoms with Gasteiger partial charge < -0.3 is 20.2 Å². The number of hydrogen-bond donors (Lipinski definition) is 2. The average molecular weight is 822 g/mol. The molecule has 3 saturated heterocycles. The van der Waals surface area contributed by atoms with Gasteiger partial charge in [0.25, 0.3) is 11.8 Å². The highest BCUT2D eigenvalue weighted by Crippen LogP contribution is 2.48. The summed E-state index contributed by atoms with van der Waals surface area (Å²) in [5, 5.41) is 12.9. The van der Waals surface area contributed by atoms with Crippen LogP contribution in [-0.4, -0.2) is 88.7 Å². The Balaban J connectivity index is 0.737. The molecule has 1 spiro atoms. The lowest BCUT2D eigenvalue weighted by Crippen LogP contribution is -2.51. The maximum absolute atomic E-state index is 13.9. The SMILES string of the molecule is C=C1CCC(N2C(=O)c3cc4c(cc3C2=O)CN(CC(=O)N2CCC3(CC2)CCN(c2ccc(C5c6ccc(O)cc6CCC5c5ccc(F)cc5)cc2)CC3)CC4)C(=O)N1. The molecule has 4 aromatic rings. The van der Waals surface area contributed by atoms with Crippen LogP contribution in [0.2, 0.25) is 0 Å². The van der Waals surface area contributed by atoms with Crippen LogP contribution in [0.1, 0.15) is 111 Å². The summed E-state index contributed by atoms with van der Waals surface area (Å²) < 4.78 is 13.9. The molecule has 314 valence electrons. The molecule has 10 rings (SSSR count). The second-order valence-corrected chi connectivity index (χ2v) is 18.3. The highest BCUT2D eigenvalue weighted by molar-refractivity contribution is 6.23. The molecule has 4 aromatic carbocycles. The molecule has 3 atom stereocenters. The van der Waals surface area contributed by atoms with Gasteiger partial charge in [0.15, 0.2) is 0 Å². The number of anilines is 1. The van der Waals surface area contributed by atoms with Crippen LogP contribution in [0.3, 0.4) is 0 Å². The number of aromatic hydroxyl groups is 1. The van der Waals surface area contributed by atoms with Crippen LogP contribution < -0.4 is 10.2 Å². The zero-order chi connectivity index (χ0) is 42.0. The molecule has 0 bridgehead atoms. The topological polar surface area (TPSA) is 114 Å². The molecule has 4 amide bonds. The van der Waals surface area contributed by atoms with E-state index in [0.717, 1.165) is 86.3 Å². The molecule has 0 saturated carbocycles. The number of nitrogens with zero attached hydrogens (tertiary/aromatic N) is 4. The normalized spacial score (nSPS) is 23.8. The minimum absolute atomic E-state index is 0.108. The summed E-state index contributed by atoms with van der Waals surface area (Å²) in [7, 11) is 0. The van der Waals surface area contributed by atoms with Crippen molar-refractivity contribution >= 4 is 29.3 Å². The van der Waals surface area contributed by atoms with Gasteiger partial charge in [-0.15, -0.1) is 0 Å². The Bertz CT molecular complexity index is 2430. The zero-order valence-electron chi connectivity index (χ0n) is 34.5. The summed E-state index contributed by atoms with van der Waals surface area (Å²) in [6.07, 6.45) is 7.55. The first-order valence-corrected chi connectivity index (χ1v) is 22.0. The number of carbonyl (C=O) groups excluding carboxylic acids is 4. The standard InChI is InChI=1S/C50H52FN5O5/c1-31-2-15-44(47(59)52-31)56-48(60)42-27-34-16-21-53(29-36(34)28-43(42)49(56)61)30-45(58)55-24-19-50(20-25-55)17-22-54(23-18-50)38-10-5-33(6-11-38)46-40(32-3-8-37(51)9-4-32)13-7-35-26-39(57)12-14-41(35)46/h3-6,8-12,14,26-28,40,44,46,57H,1-2,7,13,15-25,29-30H2,(H,52,59). The summed E-state index contributed by atoms with van der Waals surface area (Å²) in [4.78, 5) is 61.0. The van der Waals surface area contributed by atoms with Crippen LogP contribution in [0.4, 0.5) is 10.1 Å². The molecule has 6 aliphatic rings.